The average Bonchev–Trinajstić information content (AvgIpc) is 3.48. The third-order valence-electron chi connectivity index (χ3n) is 12.9. The van der Waals surface area contributed by atoms with E-state index in [1.54, 1.807) is 91.0 Å². The topological polar surface area (TPSA) is 144 Å². The number of hydrogen-bond donors (Lipinski definition) is 0. The molecule has 0 bridgehead atoms. The summed E-state index contributed by atoms with van der Waals surface area (Å²) in [4.78, 5) is 42.6. The smallest absolute Gasteiger partial charge is 0.338 e. The number of rotatable bonds is 24. The first-order valence-corrected chi connectivity index (χ1v) is 26.9. The first-order chi connectivity index (χ1) is 37.9. The van der Waals surface area contributed by atoms with Gasteiger partial charge >= 0.3 is 17.9 Å². The molecule has 9 rings (SSSR count). The third kappa shape index (κ3) is 15.4. The van der Waals surface area contributed by atoms with Crippen LogP contribution in [0.2, 0.25) is 0 Å². The Morgan fingerprint density at radius 1 is 0.377 bits per heavy atom. The number of ether oxygens (including phenoxy) is 10. The predicted octanol–water partition coefficient (Wildman–Crippen LogP) is 10.9. The summed E-state index contributed by atoms with van der Waals surface area (Å²) in [5.41, 5.74) is 3.50. The fraction of sp³-hybridized carbons (Fsp3) is 0.286. The maximum atomic E-state index is 14.3. The summed E-state index contributed by atoms with van der Waals surface area (Å²) in [7, 11) is 0. The first kappa shape index (κ1) is 54.8. The molecule has 2 aliphatic rings. The quantitative estimate of drug-likeness (QED) is 0.0418. The largest absolute Gasteiger partial charge is 0.452 e. The Labute approximate surface area is 453 Å². The van der Waals surface area contributed by atoms with Crippen molar-refractivity contribution in [3.05, 3.63) is 251 Å². The van der Waals surface area contributed by atoms with Crippen LogP contribution >= 0.6 is 11.8 Å². The molecule has 2 fully saturated rings. The predicted molar refractivity (Wildman–Crippen MR) is 289 cm³/mol. The van der Waals surface area contributed by atoms with Crippen LogP contribution in [0.3, 0.4) is 0 Å². The molecule has 0 spiro atoms. The number of thioether (sulfide) groups is 1. The molecule has 7 aromatic carbocycles. The maximum Gasteiger partial charge on any atom is 0.338 e. The lowest BCUT2D eigenvalue weighted by Gasteiger charge is -2.47. The molecule has 0 aliphatic carbocycles. The minimum absolute atomic E-state index is 0.0727. The van der Waals surface area contributed by atoms with Gasteiger partial charge in [-0.3, -0.25) is 0 Å². The van der Waals surface area contributed by atoms with Crippen LogP contribution in [0.25, 0.3) is 0 Å². The standard InChI is InChI=1S/C63H62O13S/c1-2-77-63-58(76-61(66)50-36-22-9-23-37-50)56(75-60(65)49-34-20-8-21-35-49)54(74-59(64)48-32-18-7-19-33-48)52(73-63)43-71-62-57(70-41-47-30-16-6-17-31-47)55(69-40-46-28-14-5-15-29-46)53(68-39-45-26-12-4-13-27-45)51(72-62)42-67-38-44-24-10-3-11-25-44/h3-37,51-58,62-63H,2,38-43H2,1H3. The van der Waals surface area contributed by atoms with Crippen LogP contribution in [-0.4, -0.2) is 97.4 Å². The molecule has 10 atom stereocenters. The van der Waals surface area contributed by atoms with Gasteiger partial charge in [-0.25, -0.2) is 14.4 Å². The maximum absolute atomic E-state index is 14.3. The zero-order valence-corrected chi connectivity index (χ0v) is 43.5. The van der Waals surface area contributed by atoms with Crippen molar-refractivity contribution < 1.29 is 61.8 Å². The van der Waals surface area contributed by atoms with Gasteiger partial charge in [0.05, 0.1) is 56.3 Å². The first-order valence-electron chi connectivity index (χ1n) is 25.8. The van der Waals surface area contributed by atoms with Crippen LogP contribution < -0.4 is 0 Å². The second-order valence-corrected chi connectivity index (χ2v) is 19.7. The van der Waals surface area contributed by atoms with Crippen LogP contribution in [0, 0.1) is 0 Å². The van der Waals surface area contributed by atoms with Gasteiger partial charge in [-0.05, 0) is 64.4 Å². The van der Waals surface area contributed by atoms with Gasteiger partial charge in [0.15, 0.2) is 24.6 Å². The fourth-order valence-electron chi connectivity index (χ4n) is 9.08. The Morgan fingerprint density at radius 2 is 0.740 bits per heavy atom. The van der Waals surface area contributed by atoms with Crippen LogP contribution in [-0.2, 0) is 73.8 Å². The van der Waals surface area contributed by atoms with E-state index in [0.29, 0.717) is 12.4 Å². The molecule has 2 saturated heterocycles. The fourth-order valence-corrected chi connectivity index (χ4v) is 10.0. The van der Waals surface area contributed by atoms with E-state index < -0.39 is 78.5 Å². The van der Waals surface area contributed by atoms with E-state index in [0.717, 1.165) is 22.3 Å². The van der Waals surface area contributed by atoms with E-state index in [9.17, 15) is 14.4 Å². The van der Waals surface area contributed by atoms with Crippen LogP contribution in [0.4, 0.5) is 0 Å². The molecular formula is C63H62O13S. The average molecular weight is 1060 g/mol. The molecule has 7 aromatic rings. The Morgan fingerprint density at radius 3 is 1.18 bits per heavy atom. The van der Waals surface area contributed by atoms with Gasteiger partial charge in [0.2, 0.25) is 0 Å². The molecule has 77 heavy (non-hydrogen) atoms. The van der Waals surface area contributed by atoms with Crippen molar-refractivity contribution in [2.45, 2.75) is 93.9 Å². The van der Waals surface area contributed by atoms with E-state index in [1.807, 2.05) is 128 Å². The zero-order valence-electron chi connectivity index (χ0n) is 42.6. The molecule has 2 heterocycles. The Balaban J connectivity index is 1.09. The highest BCUT2D eigenvalue weighted by molar-refractivity contribution is 7.99. The van der Waals surface area contributed by atoms with Gasteiger partial charge in [-0.1, -0.05) is 183 Å². The normalized spacial score (nSPS) is 23.1. The van der Waals surface area contributed by atoms with E-state index >= 15 is 0 Å². The minimum Gasteiger partial charge on any atom is -0.452 e. The Kier molecular flexibility index (Phi) is 20.2. The summed E-state index contributed by atoms with van der Waals surface area (Å²) in [5.74, 6) is -1.66. The van der Waals surface area contributed by atoms with Crippen molar-refractivity contribution in [1.82, 2.24) is 0 Å². The van der Waals surface area contributed by atoms with Crippen molar-refractivity contribution in [1.29, 1.82) is 0 Å². The number of esters is 3. The number of benzene rings is 7. The molecule has 2 aliphatic heterocycles. The lowest BCUT2D eigenvalue weighted by molar-refractivity contribution is -0.335. The molecule has 0 aromatic heterocycles. The molecule has 0 N–H and O–H groups in total. The molecule has 0 radical (unpaired) electrons. The third-order valence-corrected chi connectivity index (χ3v) is 14.0. The van der Waals surface area contributed by atoms with Crippen LogP contribution in [0.5, 0.6) is 0 Å². The van der Waals surface area contributed by atoms with Gasteiger partial charge in [-0.2, -0.15) is 0 Å². The summed E-state index contributed by atoms with van der Waals surface area (Å²) in [6.45, 7) is 2.57. The summed E-state index contributed by atoms with van der Waals surface area (Å²) in [5, 5.41) is 0. The number of hydrogen-bond acceptors (Lipinski definition) is 14. The van der Waals surface area contributed by atoms with Crippen LogP contribution in [0.15, 0.2) is 212 Å². The van der Waals surface area contributed by atoms with Crippen molar-refractivity contribution in [2.24, 2.45) is 0 Å². The highest BCUT2D eigenvalue weighted by Gasteiger charge is 2.54. The van der Waals surface area contributed by atoms with E-state index in [4.69, 9.17) is 47.4 Å². The van der Waals surface area contributed by atoms with E-state index in [-0.39, 0.29) is 49.7 Å². The van der Waals surface area contributed by atoms with E-state index in [1.165, 1.54) is 11.8 Å². The molecule has 13 nitrogen and oxygen atoms in total. The molecular weight excluding hydrogens is 997 g/mol. The van der Waals surface area contributed by atoms with Crippen molar-refractivity contribution in [3.63, 3.8) is 0 Å². The summed E-state index contributed by atoms with van der Waals surface area (Å²) >= 11 is 1.33. The summed E-state index contributed by atoms with van der Waals surface area (Å²) in [6, 6.07) is 64.6. The van der Waals surface area contributed by atoms with Gasteiger partial charge < -0.3 is 47.4 Å². The van der Waals surface area contributed by atoms with Gasteiger partial charge in [0, 0.05) is 0 Å². The van der Waals surface area contributed by atoms with E-state index in [2.05, 4.69) is 0 Å². The number of carbonyl (C=O) groups excluding carboxylic acids is 3. The van der Waals surface area contributed by atoms with Crippen LogP contribution in [0.1, 0.15) is 60.3 Å². The number of carbonyl (C=O) groups is 3. The molecule has 398 valence electrons. The van der Waals surface area contributed by atoms with Crippen molar-refractivity contribution in [3.8, 4) is 0 Å². The SMILES string of the molecule is CCSC1OC(COC2OC(COCc3ccccc3)C(OCc3ccccc3)C(OCc3ccccc3)C2OCc2ccccc2)C(OC(=O)c2ccccc2)C(OC(=O)c2ccccc2)C1OC(=O)c1ccccc1. The van der Waals surface area contributed by atoms with Gasteiger partial charge in [0.1, 0.15) is 36.0 Å². The lowest BCUT2D eigenvalue weighted by atomic mass is 9.97. The molecule has 14 heteroatoms. The van der Waals surface area contributed by atoms with Gasteiger partial charge in [-0.15, -0.1) is 11.8 Å². The minimum atomic E-state index is -1.41. The monoisotopic (exact) mass is 1060 g/mol. The highest BCUT2D eigenvalue weighted by atomic mass is 32.2. The second kappa shape index (κ2) is 28.4. The molecule has 0 amide bonds. The summed E-state index contributed by atoms with van der Waals surface area (Å²) < 4.78 is 67.2. The molecule has 10 unspecified atom stereocenters. The molecule has 0 saturated carbocycles. The second-order valence-electron chi connectivity index (χ2n) is 18.4. The van der Waals surface area contributed by atoms with Gasteiger partial charge in [0.25, 0.3) is 0 Å². The Hall–Kier alpha value is -6.98. The zero-order chi connectivity index (χ0) is 53.0. The lowest BCUT2D eigenvalue weighted by Crippen LogP contribution is -2.64. The van der Waals surface area contributed by atoms with Crippen molar-refractivity contribution in [2.75, 3.05) is 19.0 Å². The summed E-state index contributed by atoms with van der Waals surface area (Å²) in [6.07, 6.45) is -9.77. The highest BCUT2D eigenvalue weighted by Crippen LogP contribution is 2.37. The van der Waals surface area contributed by atoms with Crippen molar-refractivity contribution >= 4 is 29.7 Å². The Bertz CT molecular complexity index is 2850.